The summed E-state index contributed by atoms with van der Waals surface area (Å²) in [4.78, 5) is 17.4. The molecule has 0 bridgehead atoms. The molecule has 6 aromatic rings. The Morgan fingerprint density at radius 3 is 2.27 bits per heavy atom. The molecule has 51 heavy (non-hydrogen) atoms. The topological polar surface area (TPSA) is 103 Å². The lowest BCUT2D eigenvalue weighted by Crippen LogP contribution is -2.17. The summed E-state index contributed by atoms with van der Waals surface area (Å²) in [6.45, 7) is 3.18. The van der Waals surface area contributed by atoms with Gasteiger partial charge in [0.2, 0.25) is 0 Å². The summed E-state index contributed by atoms with van der Waals surface area (Å²) in [6.07, 6.45) is 1.55. The van der Waals surface area contributed by atoms with Gasteiger partial charge in [0, 0.05) is 27.2 Å². The van der Waals surface area contributed by atoms with Crippen LogP contribution in [-0.2, 0) is 13.2 Å². The lowest BCUT2D eigenvalue weighted by Gasteiger charge is -2.15. The van der Waals surface area contributed by atoms with Crippen molar-refractivity contribution in [3.05, 3.63) is 148 Å². The summed E-state index contributed by atoms with van der Waals surface area (Å²) in [5.74, 6) is 2.08. The second kappa shape index (κ2) is 17.2. The van der Waals surface area contributed by atoms with E-state index < -0.39 is 0 Å². The van der Waals surface area contributed by atoms with Crippen molar-refractivity contribution in [2.24, 2.45) is 5.10 Å². The average Bonchev–Trinajstić information content (AvgIpc) is 3.63. The van der Waals surface area contributed by atoms with E-state index in [2.05, 4.69) is 20.8 Å². The maximum Gasteiger partial charge on any atom is 0.271 e. The number of rotatable bonds is 15. The average molecular weight is 719 g/mol. The van der Waals surface area contributed by atoms with Crippen LogP contribution in [0.2, 0.25) is 5.02 Å². The van der Waals surface area contributed by atoms with Crippen LogP contribution in [0.4, 0.5) is 10.8 Å². The van der Waals surface area contributed by atoms with Crippen LogP contribution in [0.25, 0.3) is 11.3 Å². The summed E-state index contributed by atoms with van der Waals surface area (Å²) >= 11 is 7.46. The number of thiazole rings is 1. The van der Waals surface area contributed by atoms with Gasteiger partial charge in [-0.1, -0.05) is 60.1 Å². The van der Waals surface area contributed by atoms with Crippen LogP contribution >= 0.6 is 22.9 Å². The molecule has 1 aromatic heterocycles. The molecule has 6 rings (SSSR count). The van der Waals surface area contributed by atoms with Crippen LogP contribution < -0.4 is 29.7 Å². The molecule has 11 heteroatoms. The van der Waals surface area contributed by atoms with Gasteiger partial charge in [-0.2, -0.15) is 5.10 Å². The number of carbonyl (C=O) groups excluding carboxylic acids is 1. The van der Waals surface area contributed by atoms with E-state index in [0.717, 1.165) is 38.8 Å². The molecule has 0 fully saturated rings. The molecule has 0 spiro atoms. The van der Waals surface area contributed by atoms with Crippen molar-refractivity contribution in [3.63, 3.8) is 0 Å². The fourth-order valence-electron chi connectivity index (χ4n) is 4.95. The Bertz CT molecular complexity index is 2090. The zero-order chi connectivity index (χ0) is 35.4. The molecular weight excluding hydrogens is 684 g/mol. The second-order valence-corrected chi connectivity index (χ2v) is 12.4. The SMILES string of the molecule is CCOc1cc(COc2ccc(/C=N\NC(=O)c3ccc(-c4csc(Nc5ccc(Cl)cc5)n4)cc3)cc2OC)ccc1OCc1ccccc1. The molecule has 0 aliphatic carbocycles. The van der Waals surface area contributed by atoms with Crippen molar-refractivity contribution in [1.82, 2.24) is 10.4 Å². The Morgan fingerprint density at radius 2 is 1.53 bits per heavy atom. The van der Waals surface area contributed by atoms with Crippen molar-refractivity contribution in [2.45, 2.75) is 20.1 Å². The van der Waals surface area contributed by atoms with E-state index >= 15 is 0 Å². The third-order valence-electron chi connectivity index (χ3n) is 7.55. The molecule has 0 atom stereocenters. The summed E-state index contributed by atoms with van der Waals surface area (Å²) < 4.78 is 23.5. The smallest absolute Gasteiger partial charge is 0.271 e. The van der Waals surface area contributed by atoms with Crippen LogP contribution in [-0.4, -0.2) is 30.8 Å². The molecule has 258 valence electrons. The van der Waals surface area contributed by atoms with E-state index in [4.69, 9.17) is 30.5 Å². The fraction of sp³-hybridized carbons (Fsp3) is 0.125. The number of benzene rings is 5. The fourth-order valence-corrected chi connectivity index (χ4v) is 5.82. The van der Waals surface area contributed by atoms with Crippen molar-refractivity contribution in [1.29, 1.82) is 0 Å². The number of nitrogens with zero attached hydrogens (tertiary/aromatic N) is 2. The van der Waals surface area contributed by atoms with E-state index in [9.17, 15) is 4.79 Å². The highest BCUT2D eigenvalue weighted by atomic mass is 35.5. The minimum atomic E-state index is -0.337. The number of ether oxygens (including phenoxy) is 4. The van der Waals surface area contributed by atoms with E-state index in [1.807, 2.05) is 103 Å². The molecule has 1 amide bonds. The molecule has 1 heterocycles. The molecule has 5 aromatic carbocycles. The summed E-state index contributed by atoms with van der Waals surface area (Å²) in [5.41, 5.74) is 8.36. The van der Waals surface area contributed by atoms with E-state index in [1.165, 1.54) is 11.3 Å². The maximum atomic E-state index is 12.8. The maximum absolute atomic E-state index is 12.8. The van der Waals surface area contributed by atoms with Crippen LogP contribution in [0.1, 0.15) is 34.0 Å². The minimum Gasteiger partial charge on any atom is -0.493 e. The number of hydrogen-bond acceptors (Lipinski definition) is 9. The van der Waals surface area contributed by atoms with Gasteiger partial charge < -0.3 is 24.3 Å². The van der Waals surface area contributed by atoms with Gasteiger partial charge in [0.25, 0.3) is 5.91 Å². The lowest BCUT2D eigenvalue weighted by molar-refractivity contribution is 0.0955. The molecule has 0 aliphatic rings. The van der Waals surface area contributed by atoms with Gasteiger partial charge in [-0.25, -0.2) is 10.4 Å². The van der Waals surface area contributed by atoms with Crippen molar-refractivity contribution in [2.75, 3.05) is 19.0 Å². The van der Waals surface area contributed by atoms with Crippen LogP contribution in [0.5, 0.6) is 23.0 Å². The first-order chi connectivity index (χ1) is 25.0. The number of amides is 1. The molecule has 0 radical (unpaired) electrons. The standard InChI is InChI=1S/C40H35ClN4O5S/c1-3-48-38-22-29(10-20-36(38)49-24-27-7-5-4-6-8-27)25-50-35-19-9-28(21-37(35)47-2)23-42-45-39(46)31-13-11-30(12-14-31)34-26-51-40(44-34)43-33-17-15-32(41)16-18-33/h4-23,26H,3,24-25H2,1-2H3,(H,43,44)(H,45,46)/b42-23-. The normalized spacial score (nSPS) is 10.9. The van der Waals surface area contributed by atoms with Gasteiger partial charge in [-0.05, 0) is 90.3 Å². The lowest BCUT2D eigenvalue weighted by atomic mass is 10.1. The molecule has 0 saturated carbocycles. The monoisotopic (exact) mass is 718 g/mol. The Labute approximate surface area is 305 Å². The van der Waals surface area contributed by atoms with E-state index in [0.29, 0.717) is 53.4 Å². The Kier molecular flexibility index (Phi) is 11.8. The number of hydrogen-bond donors (Lipinski definition) is 2. The minimum absolute atomic E-state index is 0.293. The van der Waals surface area contributed by atoms with Gasteiger partial charge >= 0.3 is 0 Å². The van der Waals surface area contributed by atoms with Crippen LogP contribution in [0.3, 0.4) is 0 Å². The zero-order valence-electron chi connectivity index (χ0n) is 28.0. The molecule has 0 unspecified atom stereocenters. The number of anilines is 2. The van der Waals surface area contributed by atoms with Gasteiger partial charge in [-0.15, -0.1) is 11.3 Å². The first kappa shape index (κ1) is 35.0. The summed E-state index contributed by atoms with van der Waals surface area (Å²) in [6, 6.07) is 35.8. The van der Waals surface area contributed by atoms with Crippen molar-refractivity contribution >= 4 is 45.9 Å². The van der Waals surface area contributed by atoms with Crippen molar-refractivity contribution in [3.8, 4) is 34.3 Å². The second-order valence-electron chi connectivity index (χ2n) is 11.1. The largest absolute Gasteiger partial charge is 0.493 e. The predicted octanol–water partition coefficient (Wildman–Crippen LogP) is 9.54. The van der Waals surface area contributed by atoms with Crippen LogP contribution in [0.15, 0.2) is 126 Å². The third kappa shape index (κ3) is 9.66. The first-order valence-corrected chi connectivity index (χ1v) is 17.4. The highest BCUT2D eigenvalue weighted by Crippen LogP contribution is 2.32. The number of hydrazone groups is 1. The number of aromatic nitrogens is 1. The van der Waals surface area contributed by atoms with E-state index in [1.54, 1.807) is 37.6 Å². The third-order valence-corrected chi connectivity index (χ3v) is 8.56. The number of nitrogens with one attached hydrogen (secondary N) is 2. The van der Waals surface area contributed by atoms with Gasteiger partial charge in [0.1, 0.15) is 13.2 Å². The Balaban J connectivity index is 1.01. The summed E-state index contributed by atoms with van der Waals surface area (Å²) in [5, 5.41) is 10.8. The number of methoxy groups -OCH3 is 1. The highest BCUT2D eigenvalue weighted by Gasteiger charge is 2.11. The van der Waals surface area contributed by atoms with Gasteiger partial charge in [0.05, 0.1) is 25.6 Å². The number of carbonyl (C=O) groups is 1. The van der Waals surface area contributed by atoms with Crippen LogP contribution in [0, 0.1) is 0 Å². The summed E-state index contributed by atoms with van der Waals surface area (Å²) in [7, 11) is 1.57. The molecule has 9 nitrogen and oxygen atoms in total. The predicted molar refractivity (Wildman–Crippen MR) is 203 cm³/mol. The Hall–Kier alpha value is -5.84. The first-order valence-electron chi connectivity index (χ1n) is 16.1. The van der Waals surface area contributed by atoms with Crippen molar-refractivity contribution < 1.29 is 23.7 Å². The highest BCUT2D eigenvalue weighted by molar-refractivity contribution is 7.14. The van der Waals surface area contributed by atoms with E-state index in [-0.39, 0.29) is 5.91 Å². The zero-order valence-corrected chi connectivity index (χ0v) is 29.5. The number of halogens is 1. The molecule has 0 aliphatic heterocycles. The molecular formula is C40H35ClN4O5S. The molecule has 0 saturated heterocycles. The Morgan fingerprint density at radius 1 is 0.804 bits per heavy atom. The van der Waals surface area contributed by atoms with Gasteiger partial charge in [0.15, 0.2) is 28.1 Å². The molecule has 2 N–H and O–H groups in total. The quantitative estimate of drug-likeness (QED) is 0.0805. The van der Waals surface area contributed by atoms with Gasteiger partial charge in [-0.3, -0.25) is 4.79 Å².